The minimum absolute atomic E-state index is 0.141. The first-order valence-electron chi connectivity index (χ1n) is 9.00. The van der Waals surface area contributed by atoms with E-state index < -0.39 is 0 Å². The van der Waals surface area contributed by atoms with Gasteiger partial charge in [0.25, 0.3) is 5.91 Å². The minimum atomic E-state index is -0.141. The molecule has 1 radical (unpaired) electrons. The summed E-state index contributed by atoms with van der Waals surface area (Å²) >= 11 is 12.5. The Kier molecular flexibility index (Phi) is 6.60. The second kappa shape index (κ2) is 8.95. The smallest absolute Gasteiger partial charge is 0.279 e. The second-order valence-electron chi connectivity index (χ2n) is 6.91. The summed E-state index contributed by atoms with van der Waals surface area (Å²) in [6.07, 6.45) is 2.69. The van der Waals surface area contributed by atoms with Gasteiger partial charge in [-0.1, -0.05) is 59.0 Å². The zero-order valence-electron chi connectivity index (χ0n) is 16.1. The van der Waals surface area contributed by atoms with Crippen molar-refractivity contribution in [2.45, 2.75) is 13.3 Å². The molecule has 1 aliphatic rings. The largest absolute Gasteiger partial charge is 0.309 e. The fraction of sp³-hybridized carbons (Fsp3) is 0.238. The van der Waals surface area contributed by atoms with Crippen LogP contribution in [0.1, 0.15) is 12.0 Å². The van der Waals surface area contributed by atoms with Crippen LogP contribution < -0.4 is 10.5 Å². The number of halogens is 2. The molecule has 1 aliphatic heterocycles. The van der Waals surface area contributed by atoms with E-state index in [0.717, 1.165) is 29.7 Å². The zero-order chi connectivity index (χ0) is 20.3. The van der Waals surface area contributed by atoms with E-state index in [-0.39, 0.29) is 5.91 Å². The first-order chi connectivity index (χ1) is 13.4. The summed E-state index contributed by atoms with van der Waals surface area (Å²) in [5, 5.41) is 7.15. The number of hydrogen-bond acceptors (Lipinski definition) is 3. The predicted molar refractivity (Wildman–Crippen MR) is 119 cm³/mol. The van der Waals surface area contributed by atoms with Crippen LogP contribution in [0.5, 0.6) is 0 Å². The molecule has 0 fully saturated rings. The number of hydrogen-bond donors (Lipinski definition) is 0. The molecule has 0 saturated carbocycles. The number of aryl methyl sites for hydroxylation is 1. The second-order valence-corrected chi connectivity index (χ2v) is 7.73. The van der Waals surface area contributed by atoms with E-state index >= 15 is 0 Å². The molecule has 4 nitrogen and oxygen atoms in total. The van der Waals surface area contributed by atoms with Crippen molar-refractivity contribution in [1.82, 2.24) is 4.90 Å². The van der Waals surface area contributed by atoms with Gasteiger partial charge in [-0.2, -0.15) is 10.1 Å². The molecule has 0 saturated heterocycles. The molecule has 0 aliphatic carbocycles. The predicted octanol–water partition coefficient (Wildman–Crippen LogP) is 3.87. The first kappa shape index (κ1) is 20.7. The lowest BCUT2D eigenvalue weighted by Crippen LogP contribution is -2.27. The Labute approximate surface area is 176 Å². The lowest BCUT2D eigenvalue weighted by molar-refractivity contribution is -0.114. The van der Waals surface area contributed by atoms with Gasteiger partial charge in [0.2, 0.25) is 7.28 Å². The van der Waals surface area contributed by atoms with Crippen LogP contribution in [0, 0.1) is 6.92 Å². The van der Waals surface area contributed by atoms with Gasteiger partial charge in [-0.15, -0.1) is 0 Å². The number of hydrazone groups is 1. The Balaban J connectivity index is 1.95. The van der Waals surface area contributed by atoms with Crippen LogP contribution in [0.4, 0.5) is 5.69 Å². The highest BCUT2D eigenvalue weighted by Crippen LogP contribution is 2.24. The van der Waals surface area contributed by atoms with Gasteiger partial charge in [-0.25, -0.2) is 0 Å². The Hall–Kier alpha value is -2.08. The Bertz CT molecular complexity index is 942. The lowest BCUT2D eigenvalue weighted by atomic mass is 9.63. The Morgan fingerprint density at radius 2 is 1.86 bits per heavy atom. The number of rotatable bonds is 6. The third-order valence-corrected chi connectivity index (χ3v) is 5.14. The molecular formula is C21H21BCl2N3O. The molecule has 2 aromatic rings. The number of carbonyl (C=O) groups excluding carboxylic acids is 1. The highest BCUT2D eigenvalue weighted by Gasteiger charge is 2.31. The van der Waals surface area contributed by atoms with Crippen molar-refractivity contribution >= 4 is 53.1 Å². The summed E-state index contributed by atoms with van der Waals surface area (Å²) in [5.74, 6) is -0.141. The summed E-state index contributed by atoms with van der Waals surface area (Å²) < 4.78 is 0. The molecule has 0 bridgehead atoms. The Morgan fingerprint density at radius 1 is 1.14 bits per heavy atom. The van der Waals surface area contributed by atoms with Crippen molar-refractivity contribution in [2.75, 3.05) is 25.6 Å². The van der Waals surface area contributed by atoms with Crippen LogP contribution in [0.2, 0.25) is 10.0 Å². The molecule has 143 valence electrons. The number of nitrogens with zero attached hydrogens (tertiary/aromatic N) is 3. The minimum Gasteiger partial charge on any atom is -0.309 e. The van der Waals surface area contributed by atoms with Crippen LogP contribution in [-0.4, -0.2) is 44.3 Å². The van der Waals surface area contributed by atoms with Crippen molar-refractivity contribution in [2.24, 2.45) is 5.10 Å². The lowest BCUT2D eigenvalue weighted by Gasteiger charge is -2.11. The van der Waals surface area contributed by atoms with Crippen molar-refractivity contribution in [3.63, 3.8) is 0 Å². The molecule has 7 heteroatoms. The van der Waals surface area contributed by atoms with Gasteiger partial charge in [0.05, 0.1) is 11.3 Å². The monoisotopic (exact) mass is 412 g/mol. The van der Waals surface area contributed by atoms with Crippen molar-refractivity contribution < 1.29 is 4.79 Å². The van der Waals surface area contributed by atoms with E-state index in [1.54, 1.807) is 6.07 Å². The number of para-hydroxylation sites is 1. The van der Waals surface area contributed by atoms with Crippen molar-refractivity contribution in [3.05, 3.63) is 69.7 Å². The number of benzene rings is 2. The van der Waals surface area contributed by atoms with Crippen LogP contribution >= 0.6 is 23.2 Å². The maximum absolute atomic E-state index is 13.0. The summed E-state index contributed by atoms with van der Waals surface area (Å²) in [6, 6.07) is 13.0. The number of carbonyl (C=O) groups is 1. The van der Waals surface area contributed by atoms with Crippen LogP contribution in [0.3, 0.4) is 0 Å². The third kappa shape index (κ3) is 4.66. The van der Waals surface area contributed by atoms with Gasteiger partial charge < -0.3 is 4.90 Å². The molecule has 0 spiro atoms. The molecule has 0 atom stereocenters. The summed E-state index contributed by atoms with van der Waals surface area (Å²) in [4.78, 5) is 15.1. The highest BCUT2D eigenvalue weighted by molar-refractivity contribution is 6.91. The van der Waals surface area contributed by atoms with Crippen molar-refractivity contribution in [3.8, 4) is 0 Å². The van der Waals surface area contributed by atoms with Gasteiger partial charge in [0, 0.05) is 22.2 Å². The number of anilines is 1. The maximum atomic E-state index is 13.0. The fourth-order valence-electron chi connectivity index (χ4n) is 2.88. The van der Waals surface area contributed by atoms with Gasteiger partial charge >= 0.3 is 0 Å². The molecule has 1 heterocycles. The summed E-state index contributed by atoms with van der Waals surface area (Å²) in [7, 11) is 5.85. The fourth-order valence-corrected chi connectivity index (χ4v) is 3.32. The van der Waals surface area contributed by atoms with E-state index in [2.05, 4.69) is 10.0 Å². The van der Waals surface area contributed by atoms with E-state index in [9.17, 15) is 4.79 Å². The van der Waals surface area contributed by atoms with Gasteiger partial charge in [0.1, 0.15) is 0 Å². The molecule has 0 aromatic heterocycles. The summed E-state index contributed by atoms with van der Waals surface area (Å²) in [6.45, 7) is 2.76. The molecular weight excluding hydrogens is 392 g/mol. The standard InChI is InChI=1S/C21H21BCl2N3O/c1-14-12-17(19(24)13-18(14)23)22-20-16(10-7-11-26(2)3)21(28)27(25-20)15-8-5-4-6-9-15/h4-6,8-10,12-13H,7,11H2,1-3H3/b16-10+. The SMILES string of the molecule is Cc1cc([B]C2=NN(c3ccccc3)C(=O)/C2=C/CCN(C)C)c(Cl)cc1Cl. The van der Waals surface area contributed by atoms with Gasteiger partial charge in [-0.05, 0) is 51.2 Å². The highest BCUT2D eigenvalue weighted by atomic mass is 35.5. The van der Waals surface area contributed by atoms with E-state index in [0.29, 0.717) is 21.2 Å². The van der Waals surface area contributed by atoms with E-state index in [4.69, 9.17) is 23.2 Å². The molecule has 0 unspecified atom stereocenters. The quantitative estimate of drug-likeness (QED) is 0.533. The van der Waals surface area contributed by atoms with E-state index in [1.807, 2.05) is 70.8 Å². The summed E-state index contributed by atoms with van der Waals surface area (Å²) in [5.41, 5.74) is 3.60. The molecule has 2 aromatic carbocycles. The van der Waals surface area contributed by atoms with Gasteiger partial charge in [-0.3, -0.25) is 4.79 Å². The zero-order valence-corrected chi connectivity index (χ0v) is 17.6. The molecule has 3 rings (SSSR count). The van der Waals surface area contributed by atoms with Gasteiger partial charge in [0.15, 0.2) is 0 Å². The molecule has 0 N–H and O–H groups in total. The van der Waals surface area contributed by atoms with Crippen molar-refractivity contribution in [1.29, 1.82) is 0 Å². The number of amides is 1. The normalized spacial score (nSPS) is 15.5. The first-order valence-corrected chi connectivity index (χ1v) is 9.76. The topological polar surface area (TPSA) is 35.9 Å². The average Bonchev–Trinajstić information content (AvgIpc) is 2.96. The van der Waals surface area contributed by atoms with E-state index in [1.165, 1.54) is 5.01 Å². The molecule has 28 heavy (non-hydrogen) atoms. The average molecular weight is 413 g/mol. The molecule has 1 amide bonds. The third-order valence-electron chi connectivity index (χ3n) is 4.40. The Morgan fingerprint density at radius 3 is 2.54 bits per heavy atom. The van der Waals surface area contributed by atoms with Crippen LogP contribution in [-0.2, 0) is 4.79 Å². The van der Waals surface area contributed by atoms with Crippen LogP contribution in [0.25, 0.3) is 0 Å². The van der Waals surface area contributed by atoms with Crippen LogP contribution in [0.15, 0.2) is 59.2 Å². The maximum Gasteiger partial charge on any atom is 0.279 e.